The fraction of sp³-hybridized carbons (Fsp3) is 0.200. The maximum Gasteiger partial charge on any atom is 0.337 e. The lowest BCUT2D eigenvalue weighted by Crippen LogP contribution is -2.34. The molecule has 0 atom stereocenters. The van der Waals surface area contributed by atoms with Gasteiger partial charge in [0.05, 0.1) is 22.5 Å². The van der Waals surface area contributed by atoms with Gasteiger partial charge in [0.2, 0.25) is 10.0 Å². The van der Waals surface area contributed by atoms with Gasteiger partial charge in [-0.1, -0.05) is 11.6 Å². The Morgan fingerprint density at radius 3 is 2.32 bits per heavy atom. The Morgan fingerprint density at radius 2 is 1.89 bits per heavy atom. The van der Waals surface area contributed by atoms with Crippen LogP contribution in [0.15, 0.2) is 18.2 Å². The molecule has 1 rings (SSSR count). The van der Waals surface area contributed by atoms with Crippen molar-refractivity contribution in [2.24, 2.45) is 0 Å². The van der Waals surface area contributed by atoms with E-state index in [0.717, 1.165) is 12.3 Å². The summed E-state index contributed by atoms with van der Waals surface area (Å²) >= 11 is 5.65. The first kappa shape index (κ1) is 15.3. The number of aliphatic carboxylic acids is 1. The summed E-state index contributed by atoms with van der Waals surface area (Å²) < 4.78 is 23.6. The topological polar surface area (TPSA) is 112 Å². The number of hydrogen-bond donors (Lipinski definition) is 2. The fourth-order valence-electron chi connectivity index (χ4n) is 1.36. The van der Waals surface area contributed by atoms with Crippen molar-refractivity contribution < 1.29 is 28.2 Å². The third kappa shape index (κ3) is 3.83. The number of nitrogens with zero attached hydrogens (tertiary/aromatic N) is 1. The number of halogens is 1. The summed E-state index contributed by atoms with van der Waals surface area (Å²) in [5, 5.41) is 17.5. The molecule has 1 aromatic carbocycles. The Bertz CT molecular complexity index is 627. The van der Waals surface area contributed by atoms with Crippen LogP contribution >= 0.6 is 11.6 Å². The van der Waals surface area contributed by atoms with Gasteiger partial charge in [0, 0.05) is 0 Å². The van der Waals surface area contributed by atoms with Crippen LogP contribution in [0.5, 0.6) is 0 Å². The molecule has 0 fully saturated rings. The molecule has 0 amide bonds. The van der Waals surface area contributed by atoms with Crippen molar-refractivity contribution >= 4 is 39.3 Å². The molecule has 0 bridgehead atoms. The molecule has 0 aromatic heterocycles. The van der Waals surface area contributed by atoms with Crippen LogP contribution in [0.1, 0.15) is 10.4 Å². The van der Waals surface area contributed by atoms with Gasteiger partial charge >= 0.3 is 11.9 Å². The minimum Gasteiger partial charge on any atom is -0.480 e. The number of rotatable bonds is 5. The summed E-state index contributed by atoms with van der Waals surface area (Å²) in [6.45, 7) is -0.806. The average Bonchev–Trinajstić information content (AvgIpc) is 2.24. The minimum atomic E-state index is -3.85. The highest BCUT2D eigenvalue weighted by Gasteiger charge is 2.22. The maximum absolute atomic E-state index is 11.5. The van der Waals surface area contributed by atoms with Crippen molar-refractivity contribution in [3.8, 4) is 0 Å². The van der Waals surface area contributed by atoms with E-state index >= 15 is 0 Å². The second-order valence-corrected chi connectivity index (χ2v) is 5.95. The van der Waals surface area contributed by atoms with Crippen LogP contribution in [0.2, 0.25) is 5.02 Å². The van der Waals surface area contributed by atoms with Crippen LogP contribution in [-0.4, -0.2) is 43.4 Å². The monoisotopic (exact) mass is 307 g/mol. The first-order valence-electron chi connectivity index (χ1n) is 4.85. The standard InChI is InChI=1S/C10H10ClNO6S/c1-19(17,18)12(5-9(13)14)6-2-3-8(11)7(4-6)10(15)16/h2-4H,5H2,1H3,(H,13,14)(H,15,16). The van der Waals surface area contributed by atoms with Crippen LogP contribution in [0.3, 0.4) is 0 Å². The molecular weight excluding hydrogens is 298 g/mol. The minimum absolute atomic E-state index is 0.0694. The van der Waals surface area contributed by atoms with Gasteiger partial charge in [-0.05, 0) is 18.2 Å². The van der Waals surface area contributed by atoms with Crippen molar-refractivity contribution in [3.05, 3.63) is 28.8 Å². The first-order chi connectivity index (χ1) is 8.62. The summed E-state index contributed by atoms with van der Waals surface area (Å²) in [6.07, 6.45) is 0.824. The van der Waals surface area contributed by atoms with E-state index in [1.54, 1.807) is 0 Å². The summed E-state index contributed by atoms with van der Waals surface area (Å²) in [7, 11) is -3.85. The molecule has 9 heteroatoms. The molecule has 0 saturated heterocycles. The number of carbonyl (C=O) groups is 2. The van der Waals surface area contributed by atoms with Gasteiger partial charge in [0.15, 0.2) is 0 Å². The van der Waals surface area contributed by atoms with E-state index in [-0.39, 0.29) is 16.3 Å². The van der Waals surface area contributed by atoms with E-state index in [4.69, 9.17) is 21.8 Å². The van der Waals surface area contributed by atoms with Gasteiger partial charge in [-0.2, -0.15) is 0 Å². The first-order valence-corrected chi connectivity index (χ1v) is 7.08. The molecule has 0 heterocycles. The molecule has 1 aromatic rings. The number of benzene rings is 1. The van der Waals surface area contributed by atoms with Crippen LogP contribution in [0, 0.1) is 0 Å². The van der Waals surface area contributed by atoms with Gasteiger partial charge in [0.1, 0.15) is 6.54 Å². The van der Waals surface area contributed by atoms with Crippen molar-refractivity contribution in [1.29, 1.82) is 0 Å². The molecule has 0 aliphatic heterocycles. The molecule has 0 saturated carbocycles. The van der Waals surface area contributed by atoms with E-state index in [1.807, 2.05) is 0 Å². The normalized spacial score (nSPS) is 11.1. The number of aromatic carboxylic acids is 1. The summed E-state index contributed by atoms with van der Waals surface area (Å²) in [5.74, 6) is -2.70. The molecule has 0 spiro atoms. The summed E-state index contributed by atoms with van der Waals surface area (Å²) in [4.78, 5) is 21.6. The quantitative estimate of drug-likeness (QED) is 0.835. The number of anilines is 1. The average molecular weight is 308 g/mol. The smallest absolute Gasteiger partial charge is 0.337 e. The second kappa shape index (κ2) is 5.45. The van der Waals surface area contributed by atoms with Gasteiger partial charge in [-0.25, -0.2) is 13.2 Å². The zero-order chi connectivity index (χ0) is 14.8. The lowest BCUT2D eigenvalue weighted by atomic mass is 10.2. The lowest BCUT2D eigenvalue weighted by molar-refractivity contribution is -0.135. The van der Waals surface area contributed by atoms with Gasteiger partial charge in [-0.15, -0.1) is 0 Å². The zero-order valence-electron chi connectivity index (χ0n) is 9.70. The van der Waals surface area contributed by atoms with Crippen LogP contribution < -0.4 is 4.31 Å². The van der Waals surface area contributed by atoms with E-state index in [0.29, 0.717) is 4.31 Å². The number of sulfonamides is 1. The highest BCUT2D eigenvalue weighted by molar-refractivity contribution is 7.92. The van der Waals surface area contributed by atoms with Crippen LogP contribution in [0.25, 0.3) is 0 Å². The molecule has 2 N–H and O–H groups in total. The highest BCUT2D eigenvalue weighted by atomic mass is 35.5. The number of carboxylic acids is 2. The maximum atomic E-state index is 11.5. The molecular formula is C10H10ClNO6S. The predicted octanol–water partition coefficient (Wildman–Crippen LogP) is 0.889. The van der Waals surface area contributed by atoms with E-state index in [9.17, 15) is 18.0 Å². The third-order valence-corrected chi connectivity index (χ3v) is 3.62. The molecule has 0 radical (unpaired) electrons. The van der Waals surface area contributed by atoms with Crippen molar-refractivity contribution in [2.75, 3.05) is 17.1 Å². The molecule has 104 valence electrons. The number of hydrogen-bond acceptors (Lipinski definition) is 4. The van der Waals surface area contributed by atoms with Crippen molar-refractivity contribution in [1.82, 2.24) is 0 Å². The van der Waals surface area contributed by atoms with Gasteiger partial charge in [0.25, 0.3) is 0 Å². The van der Waals surface area contributed by atoms with Gasteiger partial charge < -0.3 is 10.2 Å². The predicted molar refractivity (Wildman–Crippen MR) is 68.2 cm³/mol. The molecule has 0 aliphatic rings. The van der Waals surface area contributed by atoms with E-state index in [2.05, 4.69) is 0 Å². The fourth-order valence-corrected chi connectivity index (χ4v) is 2.39. The van der Waals surface area contributed by atoms with Gasteiger partial charge in [-0.3, -0.25) is 9.10 Å². The summed E-state index contributed by atoms with van der Waals surface area (Å²) in [5.41, 5.74) is -0.384. The molecule has 19 heavy (non-hydrogen) atoms. The highest BCUT2D eigenvalue weighted by Crippen LogP contribution is 2.24. The zero-order valence-corrected chi connectivity index (χ0v) is 11.3. The largest absolute Gasteiger partial charge is 0.480 e. The third-order valence-electron chi connectivity index (χ3n) is 2.15. The molecule has 0 unspecified atom stereocenters. The van der Waals surface area contributed by atoms with Crippen molar-refractivity contribution in [2.45, 2.75) is 0 Å². The Hall–Kier alpha value is -1.80. The molecule has 7 nitrogen and oxygen atoms in total. The summed E-state index contributed by atoms with van der Waals surface area (Å²) in [6, 6.07) is 3.44. The van der Waals surface area contributed by atoms with E-state index in [1.165, 1.54) is 12.1 Å². The SMILES string of the molecule is CS(=O)(=O)N(CC(=O)O)c1ccc(Cl)c(C(=O)O)c1. The lowest BCUT2D eigenvalue weighted by Gasteiger charge is -2.20. The van der Waals surface area contributed by atoms with E-state index < -0.39 is 28.5 Å². The van der Waals surface area contributed by atoms with Crippen molar-refractivity contribution in [3.63, 3.8) is 0 Å². The Balaban J connectivity index is 3.35. The second-order valence-electron chi connectivity index (χ2n) is 3.63. The van der Waals surface area contributed by atoms with Crippen LogP contribution in [0.4, 0.5) is 5.69 Å². The Labute approximate surface area is 114 Å². The Kier molecular flexibility index (Phi) is 4.38. The Morgan fingerprint density at radius 1 is 1.32 bits per heavy atom. The number of carboxylic acid groups (broad SMARTS) is 2. The van der Waals surface area contributed by atoms with Crippen LogP contribution in [-0.2, 0) is 14.8 Å². The molecule has 0 aliphatic carbocycles.